The highest BCUT2D eigenvalue weighted by Gasteiger charge is 2.15. The maximum absolute atomic E-state index is 14.1. The van der Waals surface area contributed by atoms with Crippen LogP contribution in [0.15, 0.2) is 54.9 Å². The maximum Gasteiger partial charge on any atom is 0.163 e. The van der Waals surface area contributed by atoms with Crippen molar-refractivity contribution in [3.05, 3.63) is 98.1 Å². The van der Waals surface area contributed by atoms with Crippen molar-refractivity contribution in [3.8, 4) is 0 Å². The van der Waals surface area contributed by atoms with E-state index in [2.05, 4.69) is 4.98 Å². The first-order chi connectivity index (χ1) is 12.9. The predicted molar refractivity (Wildman–Crippen MR) is 105 cm³/mol. The Bertz CT molecular complexity index is 991. The summed E-state index contributed by atoms with van der Waals surface area (Å²) in [6.07, 6.45) is 3.50. The molecule has 3 aromatic rings. The minimum absolute atomic E-state index is 0.0642. The lowest BCUT2D eigenvalue weighted by Crippen LogP contribution is -2.08. The number of rotatable bonds is 6. The van der Waals surface area contributed by atoms with Crippen LogP contribution in [0.5, 0.6) is 0 Å². The molecule has 0 radical (unpaired) electrons. The van der Waals surface area contributed by atoms with E-state index in [0.29, 0.717) is 16.7 Å². The molecule has 0 saturated heterocycles. The van der Waals surface area contributed by atoms with E-state index in [1.165, 1.54) is 24.4 Å². The van der Waals surface area contributed by atoms with Gasteiger partial charge in [-0.25, -0.2) is 13.2 Å². The van der Waals surface area contributed by atoms with Crippen LogP contribution in [0.1, 0.15) is 33.5 Å². The summed E-state index contributed by atoms with van der Waals surface area (Å²) in [6, 6.07) is 9.82. The largest absolute Gasteiger partial charge is 0.294 e. The monoisotopic (exact) mass is 481 g/mol. The van der Waals surface area contributed by atoms with Gasteiger partial charge in [0.15, 0.2) is 5.78 Å². The van der Waals surface area contributed by atoms with Gasteiger partial charge in [-0.15, -0.1) is 0 Å². The number of aromatic nitrogens is 1. The van der Waals surface area contributed by atoms with Gasteiger partial charge in [-0.2, -0.15) is 0 Å². The Kier molecular flexibility index (Phi) is 6.26. The first kappa shape index (κ1) is 19.5. The molecule has 2 nitrogen and oxygen atoms in total. The number of nitrogens with zero attached hydrogens (tertiary/aromatic N) is 1. The average Bonchev–Trinajstić information content (AvgIpc) is 2.63. The fourth-order valence-electron chi connectivity index (χ4n) is 2.82. The van der Waals surface area contributed by atoms with Crippen LogP contribution in [0.3, 0.4) is 0 Å². The topological polar surface area (TPSA) is 30.0 Å². The van der Waals surface area contributed by atoms with E-state index in [-0.39, 0.29) is 36.4 Å². The average molecular weight is 481 g/mol. The number of carbonyl (C=O) groups is 1. The smallest absolute Gasteiger partial charge is 0.163 e. The van der Waals surface area contributed by atoms with Gasteiger partial charge < -0.3 is 0 Å². The molecule has 27 heavy (non-hydrogen) atoms. The Morgan fingerprint density at radius 3 is 2.41 bits per heavy atom. The number of ketones is 1. The lowest BCUT2D eigenvalue weighted by atomic mass is 9.96. The summed E-state index contributed by atoms with van der Waals surface area (Å²) in [7, 11) is 0. The molecular formula is C21H15F3INO. The minimum Gasteiger partial charge on any atom is -0.294 e. The Labute approximate surface area is 168 Å². The summed E-state index contributed by atoms with van der Waals surface area (Å²) in [6.45, 7) is 0. The van der Waals surface area contributed by atoms with Gasteiger partial charge in [-0.1, -0.05) is 12.1 Å². The third-order valence-corrected chi connectivity index (χ3v) is 4.91. The van der Waals surface area contributed by atoms with Crippen LogP contribution in [-0.4, -0.2) is 10.8 Å². The third kappa shape index (κ3) is 4.94. The van der Waals surface area contributed by atoms with Crippen LogP contribution in [0, 0.1) is 21.0 Å². The first-order valence-corrected chi connectivity index (χ1v) is 9.36. The fraction of sp³-hybridized carbons (Fsp3) is 0.143. The zero-order valence-electron chi connectivity index (χ0n) is 14.2. The van der Waals surface area contributed by atoms with E-state index in [1.54, 1.807) is 24.4 Å². The van der Waals surface area contributed by atoms with E-state index in [4.69, 9.17) is 0 Å². The molecule has 0 aliphatic rings. The molecule has 0 unspecified atom stereocenters. The molecule has 0 bridgehead atoms. The van der Waals surface area contributed by atoms with Crippen LogP contribution in [0.4, 0.5) is 13.2 Å². The molecule has 2 aromatic carbocycles. The van der Waals surface area contributed by atoms with Crippen molar-refractivity contribution in [1.82, 2.24) is 4.98 Å². The van der Waals surface area contributed by atoms with Crippen LogP contribution in [0.2, 0.25) is 0 Å². The van der Waals surface area contributed by atoms with Crippen LogP contribution in [0.25, 0.3) is 0 Å². The Hall–Kier alpha value is -2.22. The Morgan fingerprint density at radius 1 is 0.926 bits per heavy atom. The number of Topliss-reactive ketones (excluding diaryl/α,β-unsaturated/α-hetero) is 1. The Morgan fingerprint density at radius 2 is 1.67 bits per heavy atom. The number of hydrogen-bond donors (Lipinski definition) is 0. The number of hydrogen-bond acceptors (Lipinski definition) is 2. The number of carbonyl (C=O) groups excluding carboxylic acids is 1. The molecule has 6 heteroatoms. The van der Waals surface area contributed by atoms with Crippen LogP contribution < -0.4 is 0 Å². The number of pyridine rings is 1. The highest BCUT2D eigenvalue weighted by Crippen LogP contribution is 2.20. The minimum atomic E-state index is -0.668. The molecular weight excluding hydrogens is 466 g/mol. The molecule has 0 atom stereocenters. The maximum atomic E-state index is 14.1. The molecule has 0 aliphatic carbocycles. The van der Waals surface area contributed by atoms with Crippen molar-refractivity contribution in [2.24, 2.45) is 0 Å². The summed E-state index contributed by atoms with van der Waals surface area (Å²) >= 11 is 2.03. The normalized spacial score (nSPS) is 10.8. The van der Waals surface area contributed by atoms with E-state index < -0.39 is 11.6 Å². The van der Waals surface area contributed by atoms with Gasteiger partial charge >= 0.3 is 0 Å². The number of halogens is 4. The molecule has 0 fully saturated rings. The second-order valence-electron chi connectivity index (χ2n) is 6.10. The van der Waals surface area contributed by atoms with Gasteiger partial charge in [-0.3, -0.25) is 9.78 Å². The van der Waals surface area contributed by atoms with E-state index in [0.717, 1.165) is 9.64 Å². The van der Waals surface area contributed by atoms with Gasteiger partial charge in [0.2, 0.25) is 0 Å². The summed E-state index contributed by atoms with van der Waals surface area (Å²) in [5.74, 6) is -1.85. The van der Waals surface area contributed by atoms with Crippen molar-refractivity contribution in [2.75, 3.05) is 0 Å². The molecule has 1 aromatic heterocycles. The van der Waals surface area contributed by atoms with Crippen molar-refractivity contribution < 1.29 is 18.0 Å². The zero-order valence-corrected chi connectivity index (χ0v) is 16.3. The molecule has 138 valence electrons. The predicted octanol–water partition coefficient (Wildman–Crippen LogP) is 5.51. The van der Waals surface area contributed by atoms with Crippen molar-refractivity contribution >= 4 is 28.4 Å². The SMILES string of the molecule is O=C(CCc1ccc(F)cc1F)c1ccncc1Cc1ccc(I)cc1F. The standard InChI is InChI=1S/C21H15F3INO/c22-16-4-1-13(19(23)10-16)3-6-21(27)18-7-8-26-12-15(18)9-14-2-5-17(25)11-20(14)24/h1-2,4-5,7-8,10-12H,3,6,9H2. The lowest BCUT2D eigenvalue weighted by Gasteiger charge is -2.10. The van der Waals surface area contributed by atoms with Gasteiger partial charge in [0, 0.05) is 40.4 Å². The fourth-order valence-corrected chi connectivity index (χ4v) is 3.27. The highest BCUT2D eigenvalue weighted by atomic mass is 127. The van der Waals surface area contributed by atoms with Gasteiger partial charge in [0.05, 0.1) is 0 Å². The van der Waals surface area contributed by atoms with Gasteiger partial charge in [-0.05, 0) is 70.0 Å². The molecule has 0 saturated carbocycles. The highest BCUT2D eigenvalue weighted by molar-refractivity contribution is 14.1. The lowest BCUT2D eigenvalue weighted by molar-refractivity contribution is 0.0981. The van der Waals surface area contributed by atoms with Gasteiger partial charge in [0.1, 0.15) is 17.5 Å². The summed E-state index contributed by atoms with van der Waals surface area (Å²) < 4.78 is 41.6. The number of aryl methyl sites for hydroxylation is 1. The number of benzene rings is 2. The molecule has 0 N–H and O–H groups in total. The zero-order chi connectivity index (χ0) is 19.4. The molecule has 0 spiro atoms. The van der Waals surface area contributed by atoms with Crippen molar-refractivity contribution in [2.45, 2.75) is 19.3 Å². The molecule has 0 aliphatic heterocycles. The van der Waals surface area contributed by atoms with Gasteiger partial charge in [0.25, 0.3) is 0 Å². The quantitative estimate of drug-likeness (QED) is 0.344. The van der Waals surface area contributed by atoms with E-state index in [1.807, 2.05) is 22.6 Å². The molecule has 0 amide bonds. The van der Waals surface area contributed by atoms with E-state index in [9.17, 15) is 18.0 Å². The Balaban J connectivity index is 1.77. The first-order valence-electron chi connectivity index (χ1n) is 8.28. The van der Waals surface area contributed by atoms with Crippen LogP contribution in [-0.2, 0) is 12.8 Å². The van der Waals surface area contributed by atoms with Crippen molar-refractivity contribution in [3.63, 3.8) is 0 Å². The third-order valence-electron chi connectivity index (χ3n) is 4.24. The summed E-state index contributed by atoms with van der Waals surface area (Å²) in [5, 5.41) is 0. The molecule has 1 heterocycles. The second kappa shape index (κ2) is 8.65. The summed E-state index contributed by atoms with van der Waals surface area (Å²) in [4.78, 5) is 16.7. The second-order valence-corrected chi connectivity index (χ2v) is 7.35. The molecule has 3 rings (SSSR count). The van der Waals surface area contributed by atoms with Crippen LogP contribution >= 0.6 is 22.6 Å². The summed E-state index contributed by atoms with van der Waals surface area (Å²) in [5.41, 5.74) is 1.80. The van der Waals surface area contributed by atoms with E-state index >= 15 is 0 Å². The van der Waals surface area contributed by atoms with Crippen molar-refractivity contribution in [1.29, 1.82) is 0 Å².